The Balaban J connectivity index is 2.41. The van der Waals surface area contributed by atoms with Crippen molar-refractivity contribution in [3.05, 3.63) is 22.4 Å². The zero-order valence-electron chi connectivity index (χ0n) is 12.5. The molecular formula is C15H24N2O3S. The van der Waals surface area contributed by atoms with Gasteiger partial charge in [-0.15, -0.1) is 11.3 Å². The van der Waals surface area contributed by atoms with Gasteiger partial charge in [0.25, 0.3) is 0 Å². The summed E-state index contributed by atoms with van der Waals surface area (Å²) in [5.74, 6) is -0.346. The number of nitrogens with one attached hydrogen (secondary N) is 1. The summed E-state index contributed by atoms with van der Waals surface area (Å²) in [7, 11) is 1.35. The van der Waals surface area contributed by atoms with Crippen LogP contribution < -0.4 is 11.1 Å². The predicted molar refractivity (Wildman–Crippen MR) is 84.0 cm³/mol. The van der Waals surface area contributed by atoms with Crippen LogP contribution in [0.15, 0.2) is 17.5 Å². The lowest BCUT2D eigenvalue weighted by molar-refractivity contribution is -0.141. The number of carbonyl (C=O) groups excluding carboxylic acids is 2. The summed E-state index contributed by atoms with van der Waals surface area (Å²) >= 11 is 1.52. The summed E-state index contributed by atoms with van der Waals surface area (Å²) in [6.07, 6.45) is 4.55. The van der Waals surface area contributed by atoms with Crippen molar-refractivity contribution in [2.75, 3.05) is 13.7 Å². The van der Waals surface area contributed by atoms with E-state index in [0.29, 0.717) is 13.0 Å². The second-order valence-electron chi connectivity index (χ2n) is 4.87. The van der Waals surface area contributed by atoms with Crippen molar-refractivity contribution in [2.45, 2.75) is 44.6 Å². The molecule has 0 aliphatic rings. The lowest BCUT2D eigenvalue weighted by Gasteiger charge is -2.16. The molecule has 0 aromatic carbocycles. The third-order valence-corrected chi connectivity index (χ3v) is 4.16. The first-order valence-corrected chi connectivity index (χ1v) is 8.15. The van der Waals surface area contributed by atoms with Gasteiger partial charge in [-0.25, -0.2) is 0 Å². The highest BCUT2D eigenvalue weighted by atomic mass is 32.1. The van der Waals surface area contributed by atoms with E-state index in [9.17, 15) is 9.59 Å². The molecule has 1 rings (SSSR count). The summed E-state index contributed by atoms with van der Waals surface area (Å²) in [6, 6.07) is 3.53. The number of ether oxygens (including phenoxy) is 1. The van der Waals surface area contributed by atoms with Crippen LogP contribution >= 0.6 is 11.3 Å². The van der Waals surface area contributed by atoms with E-state index in [1.54, 1.807) is 0 Å². The molecule has 0 spiro atoms. The van der Waals surface area contributed by atoms with E-state index in [4.69, 9.17) is 5.73 Å². The lowest BCUT2D eigenvalue weighted by atomic mass is 10.1. The summed E-state index contributed by atoms with van der Waals surface area (Å²) in [5, 5.41) is 4.85. The van der Waals surface area contributed by atoms with E-state index >= 15 is 0 Å². The van der Waals surface area contributed by atoms with Crippen LogP contribution in [0, 0.1) is 0 Å². The molecule has 1 amide bonds. The molecule has 21 heavy (non-hydrogen) atoms. The van der Waals surface area contributed by atoms with Crippen molar-refractivity contribution >= 4 is 23.2 Å². The number of hydrogen-bond donors (Lipinski definition) is 2. The summed E-state index contributed by atoms with van der Waals surface area (Å²) < 4.78 is 4.69. The average Bonchev–Trinajstić information content (AvgIpc) is 3.00. The quantitative estimate of drug-likeness (QED) is 0.513. The molecule has 6 heteroatoms. The molecule has 1 unspecified atom stereocenters. The van der Waals surface area contributed by atoms with E-state index in [0.717, 1.165) is 30.6 Å². The Labute approximate surface area is 129 Å². The highest BCUT2D eigenvalue weighted by Crippen LogP contribution is 2.22. The maximum atomic E-state index is 12.0. The third-order valence-electron chi connectivity index (χ3n) is 3.18. The molecule has 0 aliphatic heterocycles. The minimum Gasteiger partial charge on any atom is -0.469 e. The molecule has 1 aromatic heterocycles. The van der Waals surface area contributed by atoms with E-state index in [1.807, 2.05) is 17.5 Å². The number of thiophene rings is 1. The molecular weight excluding hydrogens is 288 g/mol. The highest BCUT2D eigenvalue weighted by molar-refractivity contribution is 7.10. The molecule has 0 aliphatic carbocycles. The predicted octanol–water partition coefficient (Wildman–Crippen LogP) is 2.38. The molecule has 1 heterocycles. The van der Waals surface area contributed by atoms with Crippen LogP contribution in [0.5, 0.6) is 0 Å². The number of nitrogens with two attached hydrogens (primary N) is 1. The molecule has 1 aromatic rings. The van der Waals surface area contributed by atoms with Crippen LogP contribution in [0.2, 0.25) is 0 Å². The molecule has 118 valence electrons. The van der Waals surface area contributed by atoms with Crippen molar-refractivity contribution in [1.82, 2.24) is 5.32 Å². The zero-order valence-corrected chi connectivity index (χ0v) is 13.3. The fraction of sp³-hybridized carbons (Fsp3) is 0.600. The van der Waals surface area contributed by atoms with E-state index in [-0.39, 0.29) is 24.3 Å². The maximum Gasteiger partial charge on any atom is 0.307 e. The van der Waals surface area contributed by atoms with Gasteiger partial charge in [0.2, 0.25) is 5.91 Å². The van der Waals surface area contributed by atoms with Crippen LogP contribution in [-0.2, 0) is 14.3 Å². The standard InChI is InChI=1S/C15H24N2O3S/c1-20-15(19)11-12(13-7-6-10-21-13)17-14(18)8-4-2-3-5-9-16/h6-7,10,12H,2-5,8-9,11,16H2,1H3,(H,17,18). The largest absolute Gasteiger partial charge is 0.469 e. The fourth-order valence-electron chi connectivity index (χ4n) is 2.01. The average molecular weight is 312 g/mol. The number of unbranched alkanes of at least 4 members (excludes halogenated alkanes) is 3. The first-order chi connectivity index (χ1) is 10.2. The van der Waals surface area contributed by atoms with Gasteiger partial charge in [0.05, 0.1) is 19.6 Å². The molecule has 3 N–H and O–H groups in total. The molecule has 1 atom stereocenters. The Kier molecular flexibility index (Phi) is 8.69. The lowest BCUT2D eigenvalue weighted by Crippen LogP contribution is -2.29. The number of esters is 1. The van der Waals surface area contributed by atoms with Crippen LogP contribution in [0.3, 0.4) is 0 Å². The smallest absolute Gasteiger partial charge is 0.307 e. The molecule has 0 saturated heterocycles. The zero-order chi connectivity index (χ0) is 15.5. The minimum absolute atomic E-state index is 0.0231. The van der Waals surface area contributed by atoms with Crippen LogP contribution in [0.4, 0.5) is 0 Å². The van der Waals surface area contributed by atoms with E-state index < -0.39 is 0 Å². The van der Waals surface area contributed by atoms with E-state index in [2.05, 4.69) is 10.1 Å². The van der Waals surface area contributed by atoms with E-state index in [1.165, 1.54) is 18.4 Å². The third kappa shape index (κ3) is 7.24. The molecule has 0 bridgehead atoms. The van der Waals surface area contributed by atoms with Crippen LogP contribution in [-0.4, -0.2) is 25.5 Å². The first-order valence-electron chi connectivity index (χ1n) is 7.27. The van der Waals surface area contributed by atoms with Crippen molar-refractivity contribution in [2.24, 2.45) is 5.73 Å². The minimum atomic E-state index is -0.323. The van der Waals surface area contributed by atoms with Crippen LogP contribution in [0.1, 0.15) is 49.4 Å². The maximum absolute atomic E-state index is 12.0. The second-order valence-corrected chi connectivity index (χ2v) is 5.85. The topological polar surface area (TPSA) is 81.4 Å². The van der Waals surface area contributed by atoms with Gasteiger partial charge in [-0.1, -0.05) is 18.9 Å². The Bertz CT molecular complexity index is 421. The highest BCUT2D eigenvalue weighted by Gasteiger charge is 2.19. The van der Waals surface area contributed by atoms with Crippen molar-refractivity contribution < 1.29 is 14.3 Å². The van der Waals surface area contributed by atoms with Crippen molar-refractivity contribution in [3.63, 3.8) is 0 Å². The van der Waals surface area contributed by atoms with Gasteiger partial charge < -0.3 is 15.8 Å². The first kappa shape index (κ1) is 17.7. The van der Waals surface area contributed by atoms with Gasteiger partial charge in [0.15, 0.2) is 0 Å². The molecule has 0 saturated carbocycles. The molecule has 0 fully saturated rings. The normalized spacial score (nSPS) is 11.9. The Morgan fingerprint density at radius 3 is 2.71 bits per heavy atom. The van der Waals surface area contributed by atoms with Gasteiger partial charge in [-0.2, -0.15) is 0 Å². The van der Waals surface area contributed by atoms with Gasteiger partial charge in [-0.05, 0) is 30.8 Å². The second kappa shape index (κ2) is 10.3. The monoisotopic (exact) mass is 312 g/mol. The molecule has 5 nitrogen and oxygen atoms in total. The number of methoxy groups -OCH3 is 1. The van der Waals surface area contributed by atoms with Gasteiger partial charge >= 0.3 is 5.97 Å². The number of carbonyl (C=O) groups is 2. The van der Waals surface area contributed by atoms with Gasteiger partial charge in [0.1, 0.15) is 0 Å². The van der Waals surface area contributed by atoms with Gasteiger partial charge in [-0.3, -0.25) is 9.59 Å². The van der Waals surface area contributed by atoms with Crippen LogP contribution in [0.25, 0.3) is 0 Å². The summed E-state index contributed by atoms with van der Waals surface area (Å²) in [5.41, 5.74) is 5.43. The number of hydrogen-bond acceptors (Lipinski definition) is 5. The summed E-state index contributed by atoms with van der Waals surface area (Å²) in [6.45, 7) is 0.700. The number of rotatable bonds is 10. The Morgan fingerprint density at radius 2 is 2.10 bits per heavy atom. The Morgan fingerprint density at radius 1 is 1.33 bits per heavy atom. The Hall–Kier alpha value is -1.40. The van der Waals surface area contributed by atoms with Crippen molar-refractivity contribution in [3.8, 4) is 0 Å². The fourth-order valence-corrected chi connectivity index (χ4v) is 2.79. The SMILES string of the molecule is COC(=O)CC(NC(=O)CCCCCCN)c1cccs1. The number of amides is 1. The summed E-state index contributed by atoms with van der Waals surface area (Å²) in [4.78, 5) is 24.4. The molecule has 0 radical (unpaired) electrons. The van der Waals surface area contributed by atoms with Gasteiger partial charge in [0, 0.05) is 11.3 Å². The van der Waals surface area contributed by atoms with Crippen molar-refractivity contribution in [1.29, 1.82) is 0 Å².